The molecule has 8 heteroatoms. The molecule has 1 N–H and O–H groups in total. The van der Waals surface area contributed by atoms with Crippen molar-refractivity contribution in [1.29, 1.82) is 0 Å². The SMILES string of the molecule is O=C(Nc1ccccc1N1CCN(CCc2ccncc2)CC1)C1=NN(c2ccccc2)C(=O)CC1. The molecule has 5 rings (SSSR count). The van der Waals surface area contributed by atoms with E-state index in [0.29, 0.717) is 17.8 Å². The molecule has 2 aromatic carbocycles. The topological polar surface area (TPSA) is 81.1 Å². The lowest BCUT2D eigenvalue weighted by Gasteiger charge is -2.37. The van der Waals surface area contributed by atoms with Gasteiger partial charge in [-0.25, -0.2) is 5.01 Å². The molecule has 1 fully saturated rings. The van der Waals surface area contributed by atoms with Crippen LogP contribution in [0.25, 0.3) is 0 Å². The molecule has 0 spiro atoms. The highest BCUT2D eigenvalue weighted by Crippen LogP contribution is 2.27. The maximum Gasteiger partial charge on any atom is 0.271 e. The van der Waals surface area contributed by atoms with Crippen molar-refractivity contribution in [2.24, 2.45) is 5.10 Å². The lowest BCUT2D eigenvalue weighted by Crippen LogP contribution is -2.47. The van der Waals surface area contributed by atoms with Crippen molar-refractivity contribution >= 4 is 34.6 Å². The van der Waals surface area contributed by atoms with Gasteiger partial charge in [0.25, 0.3) is 5.91 Å². The fourth-order valence-electron chi connectivity index (χ4n) is 4.59. The van der Waals surface area contributed by atoms with Crippen LogP contribution in [-0.4, -0.2) is 60.1 Å². The number of nitrogens with zero attached hydrogens (tertiary/aromatic N) is 5. The molecule has 0 saturated carbocycles. The molecule has 0 aliphatic carbocycles. The lowest BCUT2D eigenvalue weighted by atomic mass is 10.1. The van der Waals surface area contributed by atoms with E-state index in [-0.39, 0.29) is 18.2 Å². The largest absolute Gasteiger partial charge is 0.367 e. The zero-order valence-electron chi connectivity index (χ0n) is 20.2. The van der Waals surface area contributed by atoms with Crippen LogP contribution in [0, 0.1) is 0 Å². The van der Waals surface area contributed by atoms with Crippen LogP contribution in [0.15, 0.2) is 84.2 Å². The van der Waals surface area contributed by atoms with Crippen molar-refractivity contribution in [2.45, 2.75) is 19.3 Å². The maximum atomic E-state index is 13.1. The van der Waals surface area contributed by atoms with Gasteiger partial charge in [-0.05, 0) is 48.4 Å². The summed E-state index contributed by atoms with van der Waals surface area (Å²) in [5.74, 6) is -0.383. The number of hydrazone groups is 1. The second kappa shape index (κ2) is 11.1. The van der Waals surface area contributed by atoms with Gasteiger partial charge in [-0.3, -0.25) is 19.5 Å². The summed E-state index contributed by atoms with van der Waals surface area (Å²) in [5.41, 5.74) is 4.09. The van der Waals surface area contributed by atoms with Gasteiger partial charge in [0.15, 0.2) is 0 Å². The first kappa shape index (κ1) is 23.7. The molecular formula is C28H30N6O2. The van der Waals surface area contributed by atoms with Gasteiger partial charge in [0.05, 0.1) is 17.1 Å². The van der Waals surface area contributed by atoms with Gasteiger partial charge in [0, 0.05) is 58.0 Å². The summed E-state index contributed by atoms with van der Waals surface area (Å²) in [6.45, 7) is 4.73. The second-order valence-electron chi connectivity index (χ2n) is 8.99. The predicted octanol–water partition coefficient (Wildman–Crippen LogP) is 3.57. The number of hydrogen-bond donors (Lipinski definition) is 1. The van der Waals surface area contributed by atoms with Gasteiger partial charge < -0.3 is 10.2 Å². The molecule has 184 valence electrons. The number of amides is 2. The van der Waals surface area contributed by atoms with Crippen molar-refractivity contribution in [1.82, 2.24) is 9.88 Å². The van der Waals surface area contributed by atoms with Crippen molar-refractivity contribution in [3.05, 3.63) is 84.7 Å². The summed E-state index contributed by atoms with van der Waals surface area (Å²) in [6.07, 6.45) is 5.28. The van der Waals surface area contributed by atoms with Gasteiger partial charge in [0.2, 0.25) is 5.91 Å². The minimum absolute atomic E-state index is 0.111. The monoisotopic (exact) mass is 482 g/mol. The second-order valence-corrected chi connectivity index (χ2v) is 8.99. The molecule has 1 aromatic heterocycles. The third kappa shape index (κ3) is 5.60. The first-order valence-corrected chi connectivity index (χ1v) is 12.4. The highest BCUT2D eigenvalue weighted by atomic mass is 16.2. The van der Waals surface area contributed by atoms with E-state index < -0.39 is 0 Å². The zero-order chi connectivity index (χ0) is 24.7. The van der Waals surface area contributed by atoms with Gasteiger partial charge in [0.1, 0.15) is 5.71 Å². The van der Waals surface area contributed by atoms with E-state index in [9.17, 15) is 9.59 Å². The molecular weight excluding hydrogens is 452 g/mol. The highest BCUT2D eigenvalue weighted by molar-refractivity contribution is 6.44. The number of carbonyl (C=O) groups excluding carboxylic acids is 2. The number of piperazine rings is 1. The summed E-state index contributed by atoms with van der Waals surface area (Å²) in [7, 11) is 0. The number of aromatic nitrogens is 1. The van der Waals surface area contributed by atoms with E-state index in [2.05, 4.69) is 37.3 Å². The van der Waals surface area contributed by atoms with Crippen molar-refractivity contribution in [2.75, 3.05) is 47.9 Å². The van der Waals surface area contributed by atoms with E-state index in [1.54, 1.807) is 0 Å². The Balaban J connectivity index is 1.22. The molecule has 8 nitrogen and oxygen atoms in total. The zero-order valence-corrected chi connectivity index (χ0v) is 20.2. The molecule has 1 saturated heterocycles. The minimum Gasteiger partial charge on any atom is -0.367 e. The van der Waals surface area contributed by atoms with Gasteiger partial charge in [-0.15, -0.1) is 0 Å². The third-order valence-electron chi connectivity index (χ3n) is 6.63. The predicted molar refractivity (Wildman–Crippen MR) is 142 cm³/mol. The first-order chi connectivity index (χ1) is 17.7. The van der Waals surface area contributed by atoms with Gasteiger partial charge in [-0.1, -0.05) is 30.3 Å². The van der Waals surface area contributed by atoms with Crippen LogP contribution in [0.2, 0.25) is 0 Å². The van der Waals surface area contributed by atoms with Crippen LogP contribution in [0.1, 0.15) is 18.4 Å². The molecule has 3 aromatic rings. The molecule has 36 heavy (non-hydrogen) atoms. The van der Waals surface area contributed by atoms with E-state index in [0.717, 1.165) is 50.5 Å². The molecule has 0 atom stereocenters. The number of nitrogens with one attached hydrogen (secondary N) is 1. The minimum atomic E-state index is -0.271. The fraction of sp³-hybridized carbons (Fsp3) is 0.286. The summed E-state index contributed by atoms with van der Waals surface area (Å²) in [6, 6.07) is 21.2. The van der Waals surface area contributed by atoms with Crippen LogP contribution >= 0.6 is 0 Å². The Morgan fingerprint density at radius 3 is 2.36 bits per heavy atom. The molecule has 0 bridgehead atoms. The number of anilines is 3. The lowest BCUT2D eigenvalue weighted by molar-refractivity contribution is -0.118. The van der Waals surface area contributed by atoms with Gasteiger partial charge in [-0.2, -0.15) is 5.10 Å². The number of carbonyl (C=O) groups is 2. The Morgan fingerprint density at radius 2 is 1.58 bits per heavy atom. The fourth-order valence-corrected chi connectivity index (χ4v) is 4.59. The van der Waals surface area contributed by atoms with Crippen LogP contribution in [0.5, 0.6) is 0 Å². The number of para-hydroxylation sites is 3. The Bertz CT molecular complexity index is 1220. The van der Waals surface area contributed by atoms with E-state index in [4.69, 9.17) is 0 Å². The Labute approximate surface area is 211 Å². The summed E-state index contributed by atoms with van der Waals surface area (Å²) in [5, 5.41) is 8.77. The Morgan fingerprint density at radius 1 is 0.861 bits per heavy atom. The van der Waals surface area contributed by atoms with Crippen molar-refractivity contribution in [3.63, 3.8) is 0 Å². The van der Waals surface area contributed by atoms with E-state index >= 15 is 0 Å². The highest BCUT2D eigenvalue weighted by Gasteiger charge is 2.26. The summed E-state index contributed by atoms with van der Waals surface area (Å²) >= 11 is 0. The molecule has 2 aliphatic heterocycles. The maximum absolute atomic E-state index is 13.1. The number of benzene rings is 2. The van der Waals surface area contributed by atoms with Crippen LogP contribution in [0.3, 0.4) is 0 Å². The summed E-state index contributed by atoms with van der Waals surface area (Å²) < 4.78 is 0. The summed E-state index contributed by atoms with van der Waals surface area (Å²) in [4.78, 5) is 34.4. The van der Waals surface area contributed by atoms with Gasteiger partial charge >= 0.3 is 0 Å². The van der Waals surface area contributed by atoms with Crippen LogP contribution in [0.4, 0.5) is 17.1 Å². The Kier molecular flexibility index (Phi) is 7.33. The molecule has 0 radical (unpaired) electrons. The van der Waals surface area contributed by atoms with E-state index in [1.165, 1.54) is 10.6 Å². The molecule has 0 unspecified atom stereocenters. The third-order valence-corrected chi connectivity index (χ3v) is 6.63. The van der Waals surface area contributed by atoms with E-state index in [1.807, 2.05) is 67.0 Å². The number of rotatable bonds is 7. The first-order valence-electron chi connectivity index (χ1n) is 12.4. The average Bonchev–Trinajstić information content (AvgIpc) is 2.94. The molecule has 2 aliphatic rings. The average molecular weight is 483 g/mol. The van der Waals surface area contributed by atoms with Crippen molar-refractivity contribution in [3.8, 4) is 0 Å². The standard InChI is InChI=1S/C28H30N6O2/c35-27-11-10-25(31-34(27)23-6-2-1-3-7-23)28(36)30-24-8-4-5-9-26(24)33-20-18-32(19-21-33)17-14-22-12-15-29-16-13-22/h1-9,12-13,15-16H,10-11,14,17-21H2,(H,30,36). The van der Waals surface area contributed by atoms with Crippen molar-refractivity contribution < 1.29 is 9.59 Å². The normalized spacial score (nSPS) is 16.6. The molecule has 2 amide bonds. The number of pyridine rings is 1. The molecule has 3 heterocycles. The quantitative estimate of drug-likeness (QED) is 0.557. The van der Waals surface area contributed by atoms with Crippen LogP contribution < -0.4 is 15.2 Å². The van der Waals surface area contributed by atoms with Crippen LogP contribution in [-0.2, 0) is 16.0 Å². The Hall–Kier alpha value is -4.04. The smallest absolute Gasteiger partial charge is 0.271 e. The number of hydrogen-bond acceptors (Lipinski definition) is 6.